The van der Waals surface area contributed by atoms with E-state index >= 15 is 0 Å². The highest BCUT2D eigenvalue weighted by molar-refractivity contribution is 7.98. The third-order valence-electron chi connectivity index (χ3n) is 2.50. The summed E-state index contributed by atoms with van der Waals surface area (Å²) in [4.78, 5) is 5.59. The molecule has 0 fully saturated rings. The fourth-order valence-electron chi connectivity index (χ4n) is 1.15. The third kappa shape index (κ3) is 2.44. The van der Waals surface area contributed by atoms with Crippen molar-refractivity contribution in [1.82, 2.24) is 14.9 Å². The van der Waals surface area contributed by atoms with E-state index in [1.165, 1.54) is 11.9 Å². The number of hydrogen-bond acceptors (Lipinski definition) is 4. The predicted molar refractivity (Wildman–Crippen MR) is 66.4 cm³/mol. The van der Waals surface area contributed by atoms with Gasteiger partial charge >= 0.3 is 0 Å². The highest BCUT2D eigenvalue weighted by atomic mass is 32.2. The van der Waals surface area contributed by atoms with Crippen molar-refractivity contribution in [2.45, 2.75) is 31.7 Å². The Labute approximate surface area is 99.3 Å². The second-order valence-corrected chi connectivity index (χ2v) is 4.91. The summed E-state index contributed by atoms with van der Waals surface area (Å²) >= 11 is 1.50. The van der Waals surface area contributed by atoms with Crippen molar-refractivity contribution < 1.29 is 0 Å². The molecule has 0 bridgehead atoms. The molecule has 1 unspecified atom stereocenters. The van der Waals surface area contributed by atoms with Crippen LogP contribution in [0, 0.1) is 5.92 Å². The minimum atomic E-state index is 0.284. The Balaban J connectivity index is 2.13. The molecule has 0 amide bonds. The Morgan fingerprint density at radius 2 is 2.00 bits per heavy atom. The average molecular weight is 237 g/mol. The Bertz CT molecular complexity index is 404. The fraction of sp³-hybridized carbons (Fsp3) is 0.500. The second kappa shape index (κ2) is 4.69. The van der Waals surface area contributed by atoms with Crippen LogP contribution in [0.2, 0.25) is 0 Å². The number of anilines is 1. The summed E-state index contributed by atoms with van der Waals surface area (Å²) in [5.41, 5.74) is 0.952. The lowest BCUT2D eigenvalue weighted by atomic mass is 10.1. The van der Waals surface area contributed by atoms with E-state index in [1.54, 1.807) is 12.4 Å². The van der Waals surface area contributed by atoms with Gasteiger partial charge in [-0.3, -0.25) is 4.72 Å². The van der Waals surface area contributed by atoms with Gasteiger partial charge < -0.3 is 5.32 Å². The van der Waals surface area contributed by atoms with E-state index < -0.39 is 0 Å². The van der Waals surface area contributed by atoms with Gasteiger partial charge in [-0.05, 0) is 24.8 Å². The molecule has 16 heavy (non-hydrogen) atoms. The van der Waals surface area contributed by atoms with Gasteiger partial charge in [-0.1, -0.05) is 13.8 Å². The van der Waals surface area contributed by atoms with E-state index in [2.05, 4.69) is 46.0 Å². The predicted octanol–water partition coefficient (Wildman–Crippen LogP) is 1.90. The standard InChI is InChI=1S/C10H15N5S/c1-6(2)7(3)13-10-14-8-4-11-12-5-9(8)16-15-10/h4-7H,1-3H3,(H2,13,14,15). The Morgan fingerprint density at radius 1 is 1.25 bits per heavy atom. The van der Waals surface area contributed by atoms with Gasteiger partial charge in [0.15, 0.2) is 0 Å². The van der Waals surface area contributed by atoms with Gasteiger partial charge in [0.2, 0.25) is 5.96 Å². The Morgan fingerprint density at radius 3 is 2.75 bits per heavy atom. The zero-order valence-corrected chi connectivity index (χ0v) is 10.4. The maximum Gasteiger partial charge on any atom is 0.206 e. The lowest BCUT2D eigenvalue weighted by Crippen LogP contribution is -2.31. The monoisotopic (exact) mass is 237 g/mol. The molecule has 1 aliphatic heterocycles. The molecule has 0 saturated heterocycles. The number of hydrogen-bond donors (Lipinski definition) is 2. The Hall–Kier alpha value is -1.30. The topological polar surface area (TPSA) is 62.2 Å². The number of rotatable bonds is 2. The SMILES string of the molecule is CC(C)C(C)N=C1NSc2cnncc2N1. The molecule has 2 N–H and O–H groups in total. The van der Waals surface area contributed by atoms with Gasteiger partial charge in [-0.2, -0.15) is 10.2 Å². The smallest absolute Gasteiger partial charge is 0.206 e. The van der Waals surface area contributed by atoms with Gasteiger partial charge in [0.25, 0.3) is 0 Å². The number of aromatic nitrogens is 2. The maximum atomic E-state index is 4.56. The first-order valence-electron chi connectivity index (χ1n) is 5.25. The second-order valence-electron chi connectivity index (χ2n) is 4.06. The van der Waals surface area contributed by atoms with E-state index in [0.717, 1.165) is 16.5 Å². The first kappa shape index (κ1) is 11.2. The quantitative estimate of drug-likeness (QED) is 0.769. The van der Waals surface area contributed by atoms with Crippen LogP contribution in [-0.2, 0) is 0 Å². The lowest BCUT2D eigenvalue weighted by molar-refractivity contribution is 0.530. The summed E-state index contributed by atoms with van der Waals surface area (Å²) in [6, 6.07) is 0.284. The highest BCUT2D eigenvalue weighted by Gasteiger charge is 2.15. The van der Waals surface area contributed by atoms with Crippen LogP contribution in [0.1, 0.15) is 20.8 Å². The van der Waals surface area contributed by atoms with Crippen molar-refractivity contribution in [1.29, 1.82) is 0 Å². The molecule has 5 nitrogen and oxygen atoms in total. The largest absolute Gasteiger partial charge is 0.323 e. The normalized spacial score (nSPS) is 18.9. The molecule has 0 spiro atoms. The molecular weight excluding hydrogens is 222 g/mol. The van der Waals surface area contributed by atoms with Gasteiger partial charge in [-0.15, -0.1) is 0 Å². The van der Waals surface area contributed by atoms with Crippen LogP contribution >= 0.6 is 11.9 Å². The van der Waals surface area contributed by atoms with Crippen LogP contribution in [0.25, 0.3) is 0 Å². The molecule has 0 aliphatic carbocycles. The minimum absolute atomic E-state index is 0.284. The van der Waals surface area contributed by atoms with Crippen LogP contribution < -0.4 is 10.0 Å². The number of aliphatic imine (C=N–C) groups is 1. The molecule has 1 aromatic rings. The molecule has 1 aliphatic rings. The number of nitrogens with zero attached hydrogens (tertiary/aromatic N) is 3. The zero-order valence-electron chi connectivity index (χ0n) is 9.56. The van der Waals surface area contributed by atoms with Gasteiger partial charge in [0, 0.05) is 0 Å². The molecule has 0 aromatic carbocycles. The fourth-order valence-corrected chi connectivity index (χ4v) is 1.78. The molecule has 86 valence electrons. The van der Waals surface area contributed by atoms with Crippen LogP contribution in [0.15, 0.2) is 22.3 Å². The van der Waals surface area contributed by atoms with E-state index in [1.807, 2.05) is 0 Å². The van der Waals surface area contributed by atoms with Crippen molar-refractivity contribution in [3.63, 3.8) is 0 Å². The van der Waals surface area contributed by atoms with Crippen LogP contribution in [0.3, 0.4) is 0 Å². The molecule has 1 atom stereocenters. The molecule has 2 heterocycles. The van der Waals surface area contributed by atoms with Crippen molar-refractivity contribution in [3.05, 3.63) is 12.4 Å². The van der Waals surface area contributed by atoms with Gasteiger partial charge in [0.1, 0.15) is 0 Å². The van der Waals surface area contributed by atoms with Crippen molar-refractivity contribution in [3.8, 4) is 0 Å². The molecule has 6 heteroatoms. The van der Waals surface area contributed by atoms with Crippen LogP contribution in [0.5, 0.6) is 0 Å². The first-order chi connectivity index (χ1) is 7.66. The van der Waals surface area contributed by atoms with E-state index in [-0.39, 0.29) is 6.04 Å². The zero-order chi connectivity index (χ0) is 11.5. The Kier molecular flexibility index (Phi) is 3.28. The van der Waals surface area contributed by atoms with Crippen LogP contribution in [-0.4, -0.2) is 22.2 Å². The van der Waals surface area contributed by atoms with E-state index in [4.69, 9.17) is 0 Å². The molecular formula is C10H15N5S. The molecule has 0 saturated carbocycles. The highest BCUT2D eigenvalue weighted by Crippen LogP contribution is 2.26. The lowest BCUT2D eigenvalue weighted by Gasteiger charge is -2.21. The maximum absolute atomic E-state index is 4.56. The average Bonchev–Trinajstić information content (AvgIpc) is 2.28. The summed E-state index contributed by atoms with van der Waals surface area (Å²) in [6.07, 6.45) is 3.43. The molecule has 0 radical (unpaired) electrons. The minimum Gasteiger partial charge on any atom is -0.323 e. The third-order valence-corrected chi connectivity index (χ3v) is 3.34. The first-order valence-corrected chi connectivity index (χ1v) is 6.07. The van der Waals surface area contributed by atoms with E-state index in [0.29, 0.717) is 5.92 Å². The summed E-state index contributed by atoms with van der Waals surface area (Å²) in [5.74, 6) is 1.31. The summed E-state index contributed by atoms with van der Waals surface area (Å²) < 4.78 is 3.15. The van der Waals surface area contributed by atoms with Gasteiger partial charge in [-0.25, -0.2) is 4.99 Å². The summed E-state index contributed by atoms with van der Waals surface area (Å²) in [5, 5.41) is 10.9. The number of guanidine groups is 1. The summed E-state index contributed by atoms with van der Waals surface area (Å²) in [7, 11) is 0. The summed E-state index contributed by atoms with van der Waals surface area (Å²) in [6.45, 7) is 6.42. The van der Waals surface area contributed by atoms with Crippen molar-refractivity contribution in [2.24, 2.45) is 10.9 Å². The molecule has 1 aromatic heterocycles. The molecule has 2 rings (SSSR count). The van der Waals surface area contributed by atoms with E-state index in [9.17, 15) is 0 Å². The number of nitrogens with one attached hydrogen (secondary N) is 2. The van der Waals surface area contributed by atoms with Crippen molar-refractivity contribution >= 4 is 23.6 Å². The van der Waals surface area contributed by atoms with Gasteiger partial charge in [0.05, 0.1) is 29.0 Å². The van der Waals surface area contributed by atoms with Crippen molar-refractivity contribution in [2.75, 3.05) is 5.32 Å². The van der Waals surface area contributed by atoms with Crippen LogP contribution in [0.4, 0.5) is 5.69 Å². The number of fused-ring (bicyclic) bond motifs is 1.